The van der Waals surface area contributed by atoms with Crippen molar-refractivity contribution >= 4 is 29.1 Å². The van der Waals surface area contributed by atoms with Crippen molar-refractivity contribution in [1.29, 1.82) is 0 Å². The summed E-state index contributed by atoms with van der Waals surface area (Å²) in [5, 5.41) is 6.62. The van der Waals surface area contributed by atoms with Crippen molar-refractivity contribution in [3.63, 3.8) is 0 Å². The van der Waals surface area contributed by atoms with Gasteiger partial charge in [-0.3, -0.25) is 10.1 Å². The molecule has 2 aromatic carbocycles. The molecule has 0 saturated heterocycles. The fraction of sp³-hybridized carbons (Fsp3) is 0.316. The normalized spacial score (nSPS) is 16.3. The topological polar surface area (TPSA) is 41.1 Å². The maximum absolute atomic E-state index is 13.8. The number of rotatable bonds is 6. The smallest absolute Gasteiger partial charge is 0.241 e. The summed E-state index contributed by atoms with van der Waals surface area (Å²) in [6.45, 7) is 1.84. The molecule has 0 unspecified atom stereocenters. The first-order valence-electron chi connectivity index (χ1n) is 8.21. The van der Waals surface area contributed by atoms with Crippen molar-refractivity contribution in [2.75, 3.05) is 0 Å². The standard InChI is InChI=1S/C19H19Cl2FN2O/c1-11(14-9-17(22)16(21)10-15(14)20)23-18(12-5-3-2-4-6-12)19(25)24-13-7-8-13/h2-6,9-11,13,18,23H,7-8H2,1H3,(H,24,25)/t11-,18-/m1/s1. The average molecular weight is 381 g/mol. The lowest BCUT2D eigenvalue weighted by Gasteiger charge is -2.24. The zero-order valence-electron chi connectivity index (χ0n) is 13.7. The molecule has 0 heterocycles. The van der Waals surface area contributed by atoms with Gasteiger partial charge in [0.2, 0.25) is 5.91 Å². The van der Waals surface area contributed by atoms with E-state index in [-0.39, 0.29) is 23.0 Å². The van der Waals surface area contributed by atoms with E-state index in [1.807, 2.05) is 37.3 Å². The highest BCUT2D eigenvalue weighted by atomic mass is 35.5. The Bertz CT molecular complexity index is 766. The zero-order chi connectivity index (χ0) is 18.0. The second kappa shape index (κ2) is 7.73. The predicted octanol–water partition coefficient (Wildman–Crippen LogP) is 4.80. The molecule has 0 spiro atoms. The van der Waals surface area contributed by atoms with Gasteiger partial charge in [0.15, 0.2) is 0 Å². The van der Waals surface area contributed by atoms with Gasteiger partial charge in [-0.05, 0) is 43.0 Å². The van der Waals surface area contributed by atoms with Crippen LogP contribution in [0.15, 0.2) is 42.5 Å². The first-order chi connectivity index (χ1) is 12.0. The van der Waals surface area contributed by atoms with Crippen LogP contribution in [-0.2, 0) is 4.79 Å². The van der Waals surface area contributed by atoms with Gasteiger partial charge < -0.3 is 5.32 Å². The van der Waals surface area contributed by atoms with Gasteiger partial charge in [-0.15, -0.1) is 0 Å². The Morgan fingerprint density at radius 2 is 1.84 bits per heavy atom. The van der Waals surface area contributed by atoms with Crippen LogP contribution in [0.5, 0.6) is 0 Å². The maximum atomic E-state index is 13.8. The molecule has 1 aliphatic carbocycles. The van der Waals surface area contributed by atoms with E-state index in [4.69, 9.17) is 23.2 Å². The molecule has 3 nitrogen and oxygen atoms in total. The fourth-order valence-electron chi connectivity index (χ4n) is 2.69. The van der Waals surface area contributed by atoms with Crippen molar-refractivity contribution in [3.05, 3.63) is 69.5 Å². The fourth-order valence-corrected chi connectivity index (χ4v) is 3.24. The number of amides is 1. The van der Waals surface area contributed by atoms with Crippen LogP contribution in [0.4, 0.5) is 4.39 Å². The molecule has 0 radical (unpaired) electrons. The molecule has 0 aliphatic heterocycles. The average Bonchev–Trinajstić information content (AvgIpc) is 3.40. The van der Waals surface area contributed by atoms with E-state index < -0.39 is 11.9 Å². The molecule has 1 aliphatic rings. The van der Waals surface area contributed by atoms with E-state index in [1.54, 1.807) is 0 Å². The molecule has 25 heavy (non-hydrogen) atoms. The van der Waals surface area contributed by atoms with E-state index in [2.05, 4.69) is 10.6 Å². The number of benzene rings is 2. The number of halogens is 3. The lowest BCUT2D eigenvalue weighted by molar-refractivity contribution is -0.123. The van der Waals surface area contributed by atoms with Crippen LogP contribution in [0.2, 0.25) is 10.0 Å². The van der Waals surface area contributed by atoms with Gasteiger partial charge in [0.05, 0.1) is 5.02 Å². The van der Waals surface area contributed by atoms with E-state index in [0.29, 0.717) is 10.6 Å². The van der Waals surface area contributed by atoms with E-state index in [9.17, 15) is 9.18 Å². The first-order valence-corrected chi connectivity index (χ1v) is 8.97. The second-order valence-electron chi connectivity index (χ2n) is 6.30. The Morgan fingerprint density at radius 3 is 2.48 bits per heavy atom. The second-order valence-corrected chi connectivity index (χ2v) is 7.12. The summed E-state index contributed by atoms with van der Waals surface area (Å²) in [6, 6.07) is 11.5. The van der Waals surface area contributed by atoms with Gasteiger partial charge in [0.25, 0.3) is 0 Å². The Labute approximate surface area is 156 Å². The zero-order valence-corrected chi connectivity index (χ0v) is 15.2. The van der Waals surface area contributed by atoms with Crippen LogP contribution in [0.1, 0.15) is 43.0 Å². The minimum Gasteiger partial charge on any atom is -0.352 e. The number of carbonyl (C=O) groups is 1. The Hall–Kier alpha value is -1.62. The van der Waals surface area contributed by atoms with Crippen molar-refractivity contribution < 1.29 is 9.18 Å². The van der Waals surface area contributed by atoms with Gasteiger partial charge in [0.1, 0.15) is 11.9 Å². The van der Waals surface area contributed by atoms with Crippen molar-refractivity contribution in [2.45, 2.75) is 37.9 Å². The summed E-state index contributed by atoms with van der Waals surface area (Å²) in [6.07, 6.45) is 2.02. The molecule has 2 atom stereocenters. The Kier molecular flexibility index (Phi) is 5.62. The molecule has 132 valence electrons. The maximum Gasteiger partial charge on any atom is 0.241 e. The van der Waals surface area contributed by atoms with Crippen molar-refractivity contribution in [1.82, 2.24) is 10.6 Å². The summed E-state index contributed by atoms with van der Waals surface area (Å²) in [5.41, 5.74) is 1.40. The third-order valence-corrected chi connectivity index (χ3v) is 4.86. The molecule has 0 bridgehead atoms. The van der Waals surface area contributed by atoms with Crippen LogP contribution in [0.25, 0.3) is 0 Å². The first kappa shape index (κ1) is 18.2. The number of hydrogen-bond acceptors (Lipinski definition) is 2. The minimum absolute atomic E-state index is 0.0213. The van der Waals surface area contributed by atoms with E-state index in [1.165, 1.54) is 12.1 Å². The van der Waals surface area contributed by atoms with Gasteiger partial charge in [0, 0.05) is 17.1 Å². The molecular formula is C19H19Cl2FN2O. The molecule has 1 fully saturated rings. The molecule has 2 aromatic rings. The number of hydrogen-bond donors (Lipinski definition) is 2. The van der Waals surface area contributed by atoms with E-state index >= 15 is 0 Å². The molecular weight excluding hydrogens is 362 g/mol. The highest BCUT2D eigenvalue weighted by Crippen LogP contribution is 2.30. The Balaban J connectivity index is 1.84. The minimum atomic E-state index is -0.549. The summed E-state index contributed by atoms with van der Waals surface area (Å²) in [4.78, 5) is 12.7. The molecule has 1 saturated carbocycles. The number of nitrogens with one attached hydrogen (secondary N) is 2. The van der Waals surface area contributed by atoms with Crippen molar-refractivity contribution in [2.24, 2.45) is 0 Å². The molecule has 1 amide bonds. The molecule has 2 N–H and O–H groups in total. The molecule has 6 heteroatoms. The summed E-state index contributed by atoms with van der Waals surface area (Å²) >= 11 is 12.0. The quantitative estimate of drug-likeness (QED) is 0.706. The summed E-state index contributed by atoms with van der Waals surface area (Å²) < 4.78 is 13.8. The summed E-state index contributed by atoms with van der Waals surface area (Å²) in [5.74, 6) is -0.625. The van der Waals surface area contributed by atoms with Crippen molar-refractivity contribution in [3.8, 4) is 0 Å². The van der Waals surface area contributed by atoms with Crippen LogP contribution < -0.4 is 10.6 Å². The lowest BCUT2D eigenvalue weighted by Crippen LogP contribution is -2.39. The van der Waals surface area contributed by atoms with Gasteiger partial charge >= 0.3 is 0 Å². The predicted molar refractivity (Wildman–Crippen MR) is 98.3 cm³/mol. The molecule has 3 rings (SSSR count). The monoisotopic (exact) mass is 380 g/mol. The van der Waals surface area contributed by atoms with Gasteiger partial charge in [-0.1, -0.05) is 53.5 Å². The SMILES string of the molecule is C[C@@H](N[C@@H](C(=O)NC1CC1)c1ccccc1)c1cc(F)c(Cl)cc1Cl. The number of carbonyl (C=O) groups excluding carboxylic acids is 1. The lowest BCUT2D eigenvalue weighted by atomic mass is 10.0. The van der Waals surface area contributed by atoms with Crippen LogP contribution in [-0.4, -0.2) is 11.9 Å². The highest BCUT2D eigenvalue weighted by molar-refractivity contribution is 6.35. The van der Waals surface area contributed by atoms with Gasteiger partial charge in [-0.25, -0.2) is 4.39 Å². The van der Waals surface area contributed by atoms with Crippen LogP contribution in [0, 0.1) is 5.82 Å². The van der Waals surface area contributed by atoms with Crippen LogP contribution >= 0.6 is 23.2 Å². The van der Waals surface area contributed by atoms with E-state index in [0.717, 1.165) is 18.4 Å². The largest absolute Gasteiger partial charge is 0.352 e. The third-order valence-electron chi connectivity index (χ3n) is 4.24. The highest BCUT2D eigenvalue weighted by Gasteiger charge is 2.29. The van der Waals surface area contributed by atoms with Gasteiger partial charge in [-0.2, -0.15) is 0 Å². The Morgan fingerprint density at radius 1 is 1.16 bits per heavy atom. The summed E-state index contributed by atoms with van der Waals surface area (Å²) in [7, 11) is 0. The third kappa shape index (κ3) is 4.51. The molecule has 0 aromatic heterocycles. The van der Waals surface area contributed by atoms with Crippen LogP contribution in [0.3, 0.4) is 0 Å².